The van der Waals surface area contributed by atoms with E-state index >= 15 is 0 Å². The summed E-state index contributed by atoms with van der Waals surface area (Å²) in [7, 11) is 2.26. The Morgan fingerprint density at radius 2 is 1.68 bits per heavy atom. The molecule has 3 nitrogen and oxygen atoms in total. The van der Waals surface area contributed by atoms with Gasteiger partial charge >= 0.3 is 0 Å². The lowest BCUT2D eigenvalue weighted by Gasteiger charge is -2.43. The predicted octanol–water partition coefficient (Wildman–Crippen LogP) is 3.65. The molecule has 1 aromatic rings. The highest BCUT2D eigenvalue weighted by molar-refractivity contribution is 5.57. The van der Waals surface area contributed by atoms with Crippen LogP contribution < -0.4 is 4.90 Å². The summed E-state index contributed by atoms with van der Waals surface area (Å²) >= 11 is 0. The molecule has 3 aliphatic rings. The van der Waals surface area contributed by atoms with E-state index in [1.807, 2.05) is 0 Å². The smallest absolute Gasteiger partial charge is 0.0433 e. The van der Waals surface area contributed by atoms with Crippen LogP contribution in [-0.4, -0.2) is 61.2 Å². The third kappa shape index (κ3) is 3.21. The molecule has 3 fully saturated rings. The van der Waals surface area contributed by atoms with E-state index in [0.717, 1.165) is 18.1 Å². The molecule has 0 aromatic heterocycles. The Morgan fingerprint density at radius 3 is 2.24 bits per heavy atom. The minimum Gasteiger partial charge on any atom is -0.365 e. The fourth-order valence-electron chi connectivity index (χ4n) is 5.21. The molecule has 2 atom stereocenters. The van der Waals surface area contributed by atoms with Gasteiger partial charge in [-0.2, -0.15) is 0 Å². The number of benzene rings is 1. The molecule has 3 aliphatic heterocycles. The molecule has 0 saturated carbocycles. The SMILES string of the molecule is Cc1cc(C(C)(C)C)ccc1N1CC2CC1CN2C1CCN(C)CC1. The highest BCUT2D eigenvalue weighted by Gasteiger charge is 2.46. The molecule has 0 aliphatic carbocycles. The van der Waals surface area contributed by atoms with Gasteiger partial charge < -0.3 is 9.80 Å². The van der Waals surface area contributed by atoms with E-state index in [0.29, 0.717) is 0 Å². The second-order valence-corrected chi connectivity index (χ2v) is 9.68. The van der Waals surface area contributed by atoms with E-state index < -0.39 is 0 Å². The first-order valence-corrected chi connectivity index (χ1v) is 10.1. The maximum atomic E-state index is 2.85. The largest absolute Gasteiger partial charge is 0.365 e. The van der Waals surface area contributed by atoms with Crippen LogP contribution in [0.25, 0.3) is 0 Å². The van der Waals surface area contributed by atoms with Crippen molar-refractivity contribution in [1.82, 2.24) is 9.80 Å². The second-order valence-electron chi connectivity index (χ2n) is 9.68. The van der Waals surface area contributed by atoms with Crippen LogP contribution in [0.5, 0.6) is 0 Å². The molecule has 138 valence electrons. The average molecular weight is 342 g/mol. The zero-order valence-electron chi connectivity index (χ0n) is 16.8. The molecule has 0 amide bonds. The third-order valence-electron chi connectivity index (χ3n) is 6.81. The summed E-state index contributed by atoms with van der Waals surface area (Å²) in [6.07, 6.45) is 4.09. The van der Waals surface area contributed by atoms with Crippen LogP contribution in [-0.2, 0) is 5.41 Å². The van der Waals surface area contributed by atoms with Crippen LogP contribution in [0, 0.1) is 6.92 Å². The van der Waals surface area contributed by atoms with Crippen LogP contribution in [0.4, 0.5) is 5.69 Å². The number of hydrogen-bond donors (Lipinski definition) is 0. The van der Waals surface area contributed by atoms with Gasteiger partial charge in [0.25, 0.3) is 0 Å². The Hall–Kier alpha value is -1.06. The molecule has 25 heavy (non-hydrogen) atoms. The van der Waals surface area contributed by atoms with Gasteiger partial charge in [0.1, 0.15) is 0 Å². The van der Waals surface area contributed by atoms with Crippen molar-refractivity contribution in [2.75, 3.05) is 38.1 Å². The summed E-state index contributed by atoms with van der Waals surface area (Å²) in [5.41, 5.74) is 4.61. The van der Waals surface area contributed by atoms with E-state index in [-0.39, 0.29) is 5.41 Å². The molecule has 2 bridgehead atoms. The number of rotatable bonds is 2. The van der Waals surface area contributed by atoms with Crippen molar-refractivity contribution in [3.05, 3.63) is 29.3 Å². The Kier molecular flexibility index (Phi) is 4.36. The van der Waals surface area contributed by atoms with Crippen molar-refractivity contribution >= 4 is 5.69 Å². The van der Waals surface area contributed by atoms with Gasteiger partial charge in [-0.15, -0.1) is 0 Å². The van der Waals surface area contributed by atoms with Crippen molar-refractivity contribution < 1.29 is 0 Å². The van der Waals surface area contributed by atoms with Gasteiger partial charge in [0.2, 0.25) is 0 Å². The Balaban J connectivity index is 1.46. The molecular weight excluding hydrogens is 306 g/mol. The van der Waals surface area contributed by atoms with Crippen molar-refractivity contribution in [3.8, 4) is 0 Å². The maximum Gasteiger partial charge on any atom is 0.0433 e. The quantitative estimate of drug-likeness (QED) is 0.813. The first-order chi connectivity index (χ1) is 11.8. The first kappa shape index (κ1) is 17.4. The molecule has 0 radical (unpaired) electrons. The Morgan fingerprint density at radius 1 is 0.960 bits per heavy atom. The number of likely N-dealkylation sites (tertiary alicyclic amines) is 2. The number of piperidine rings is 1. The fourth-order valence-corrected chi connectivity index (χ4v) is 5.21. The van der Waals surface area contributed by atoms with Crippen LogP contribution in [0.1, 0.15) is 51.2 Å². The number of anilines is 1. The number of fused-ring (bicyclic) bond motifs is 2. The zero-order valence-corrected chi connectivity index (χ0v) is 16.8. The molecule has 3 saturated heterocycles. The molecule has 4 rings (SSSR count). The number of hydrogen-bond acceptors (Lipinski definition) is 3. The normalized spacial score (nSPS) is 28.9. The molecule has 1 aromatic carbocycles. The van der Waals surface area contributed by atoms with Gasteiger partial charge in [0, 0.05) is 36.9 Å². The minimum atomic E-state index is 0.234. The minimum absolute atomic E-state index is 0.234. The van der Waals surface area contributed by atoms with E-state index in [9.17, 15) is 0 Å². The lowest BCUT2D eigenvalue weighted by Crippen LogP contribution is -2.53. The highest BCUT2D eigenvalue weighted by atomic mass is 15.4. The van der Waals surface area contributed by atoms with E-state index in [4.69, 9.17) is 0 Å². The summed E-state index contributed by atoms with van der Waals surface area (Å²) in [5.74, 6) is 0. The first-order valence-electron chi connectivity index (χ1n) is 10.1. The van der Waals surface area contributed by atoms with Gasteiger partial charge in [-0.25, -0.2) is 0 Å². The van der Waals surface area contributed by atoms with E-state index in [1.54, 1.807) is 0 Å². The summed E-state index contributed by atoms with van der Waals surface area (Å²) in [6.45, 7) is 14.3. The average Bonchev–Trinajstić information content (AvgIpc) is 3.15. The van der Waals surface area contributed by atoms with Gasteiger partial charge in [0.05, 0.1) is 0 Å². The van der Waals surface area contributed by atoms with E-state index in [1.165, 1.54) is 62.3 Å². The van der Waals surface area contributed by atoms with Crippen LogP contribution in [0.3, 0.4) is 0 Å². The standard InChI is InChI=1S/C22H35N3/c1-16-12-17(22(2,3)4)6-7-21(16)25-15-19-13-20(25)14-24(19)18-8-10-23(5)11-9-18/h6-7,12,18-20H,8-11,13-15H2,1-5H3. The molecule has 3 heterocycles. The number of piperazine rings is 1. The van der Waals surface area contributed by atoms with Crippen LogP contribution in [0.15, 0.2) is 18.2 Å². The fraction of sp³-hybridized carbons (Fsp3) is 0.727. The molecule has 0 spiro atoms. The topological polar surface area (TPSA) is 9.72 Å². The van der Waals surface area contributed by atoms with Crippen molar-refractivity contribution in [1.29, 1.82) is 0 Å². The van der Waals surface area contributed by atoms with Gasteiger partial charge in [-0.1, -0.05) is 32.9 Å². The molecular formula is C22H35N3. The van der Waals surface area contributed by atoms with Crippen LogP contribution >= 0.6 is 0 Å². The van der Waals surface area contributed by atoms with Gasteiger partial charge in [-0.05, 0) is 68.9 Å². The van der Waals surface area contributed by atoms with Gasteiger partial charge in [-0.3, -0.25) is 4.90 Å². The lowest BCUT2D eigenvalue weighted by atomic mass is 9.86. The van der Waals surface area contributed by atoms with E-state index in [2.05, 4.69) is 67.6 Å². The monoisotopic (exact) mass is 341 g/mol. The Bertz CT molecular complexity index is 625. The van der Waals surface area contributed by atoms with Crippen molar-refractivity contribution in [2.24, 2.45) is 0 Å². The van der Waals surface area contributed by atoms with Crippen molar-refractivity contribution in [3.63, 3.8) is 0 Å². The van der Waals surface area contributed by atoms with Crippen LogP contribution in [0.2, 0.25) is 0 Å². The highest BCUT2D eigenvalue weighted by Crippen LogP contribution is 2.39. The predicted molar refractivity (Wildman–Crippen MR) is 107 cm³/mol. The third-order valence-corrected chi connectivity index (χ3v) is 6.81. The maximum absolute atomic E-state index is 2.85. The van der Waals surface area contributed by atoms with Gasteiger partial charge in [0.15, 0.2) is 0 Å². The summed E-state index contributed by atoms with van der Waals surface area (Å²) in [4.78, 5) is 8.04. The Labute approximate surface area is 154 Å². The number of aryl methyl sites for hydroxylation is 1. The molecule has 0 N–H and O–H groups in total. The lowest BCUT2D eigenvalue weighted by molar-refractivity contribution is 0.104. The number of nitrogens with zero attached hydrogens (tertiary/aromatic N) is 3. The zero-order chi connectivity index (χ0) is 17.8. The summed E-state index contributed by atoms with van der Waals surface area (Å²) < 4.78 is 0. The second kappa shape index (κ2) is 6.28. The summed E-state index contributed by atoms with van der Waals surface area (Å²) in [6, 6.07) is 9.48. The molecule has 3 heteroatoms. The molecule has 2 unspecified atom stereocenters. The van der Waals surface area contributed by atoms with Crippen molar-refractivity contribution in [2.45, 2.75) is 70.5 Å². The summed E-state index contributed by atoms with van der Waals surface area (Å²) in [5, 5.41) is 0.